The first-order valence-electron chi connectivity index (χ1n) is 7.52. The molecule has 3 aromatic rings. The van der Waals surface area contributed by atoms with E-state index in [1.54, 1.807) is 0 Å². The van der Waals surface area contributed by atoms with E-state index in [1.165, 1.54) is 0 Å². The fourth-order valence-corrected chi connectivity index (χ4v) is 2.90. The van der Waals surface area contributed by atoms with Gasteiger partial charge in [-0.2, -0.15) is 0 Å². The van der Waals surface area contributed by atoms with Crippen molar-refractivity contribution in [3.63, 3.8) is 0 Å². The summed E-state index contributed by atoms with van der Waals surface area (Å²) in [5.41, 5.74) is 9.86. The van der Waals surface area contributed by atoms with Gasteiger partial charge in [0.2, 0.25) is 0 Å². The van der Waals surface area contributed by atoms with Gasteiger partial charge in [0, 0.05) is 21.1 Å². The van der Waals surface area contributed by atoms with E-state index in [-0.39, 0.29) is 5.88 Å². The molecule has 4 N–H and O–H groups in total. The Morgan fingerprint density at radius 1 is 1.22 bits per heavy atom. The van der Waals surface area contributed by atoms with Gasteiger partial charge >= 0.3 is 0 Å². The number of anilines is 1. The number of benzene rings is 2. The van der Waals surface area contributed by atoms with Crippen molar-refractivity contribution >= 4 is 43.9 Å². The Balaban J connectivity index is 2.16. The second-order valence-electron chi connectivity index (χ2n) is 5.44. The second-order valence-corrected chi connectivity index (χ2v) is 6.35. The Morgan fingerprint density at radius 2 is 1.96 bits per heavy atom. The van der Waals surface area contributed by atoms with Crippen LogP contribution >= 0.6 is 15.9 Å². The van der Waals surface area contributed by atoms with E-state index in [2.05, 4.69) is 27.8 Å². The molecular formula is C18H18BrN3O. The van der Waals surface area contributed by atoms with Gasteiger partial charge < -0.3 is 15.8 Å². The monoisotopic (exact) mass is 371 g/mol. The van der Waals surface area contributed by atoms with Crippen molar-refractivity contribution in [2.24, 2.45) is 4.99 Å². The van der Waals surface area contributed by atoms with Crippen LogP contribution in [0.2, 0.25) is 0 Å². The molecule has 3 rings (SSSR count). The lowest BCUT2D eigenvalue weighted by atomic mass is 10.0. The van der Waals surface area contributed by atoms with Crippen LogP contribution in [-0.2, 0) is 0 Å². The molecule has 2 aromatic carbocycles. The molecule has 4 nitrogen and oxygen atoms in total. The van der Waals surface area contributed by atoms with Gasteiger partial charge in [-0.15, -0.1) is 0 Å². The Bertz CT molecular complexity index is 866. The fraction of sp³-hybridized carbons (Fsp3) is 0.167. The lowest BCUT2D eigenvalue weighted by molar-refractivity contribution is 0.457. The van der Waals surface area contributed by atoms with Crippen molar-refractivity contribution in [3.8, 4) is 5.88 Å². The van der Waals surface area contributed by atoms with E-state index >= 15 is 0 Å². The van der Waals surface area contributed by atoms with Gasteiger partial charge in [0.25, 0.3) is 0 Å². The molecule has 0 unspecified atom stereocenters. The van der Waals surface area contributed by atoms with Crippen LogP contribution in [0.3, 0.4) is 0 Å². The van der Waals surface area contributed by atoms with Crippen LogP contribution in [0.25, 0.3) is 10.9 Å². The Morgan fingerprint density at radius 3 is 2.65 bits per heavy atom. The molecule has 0 aliphatic rings. The largest absolute Gasteiger partial charge is 0.494 e. The molecule has 1 heterocycles. The van der Waals surface area contributed by atoms with E-state index in [1.807, 2.05) is 42.5 Å². The minimum absolute atomic E-state index is 0.134. The van der Waals surface area contributed by atoms with E-state index < -0.39 is 0 Å². The zero-order valence-corrected chi connectivity index (χ0v) is 14.4. The first kappa shape index (κ1) is 15.6. The molecule has 0 radical (unpaired) electrons. The van der Waals surface area contributed by atoms with Gasteiger partial charge in [0.1, 0.15) is 0 Å². The Labute approximate surface area is 143 Å². The predicted molar refractivity (Wildman–Crippen MR) is 99.6 cm³/mol. The standard InChI is InChI=1S/C18H18BrN3O/c1-2-3-16(21-13-7-4-11(19)5-8-13)17-14-10-12(20)6-9-15(14)22-18(17)23/h4-10,22-23H,2-3,20H2,1H3. The molecule has 23 heavy (non-hydrogen) atoms. The molecule has 0 saturated heterocycles. The van der Waals surface area contributed by atoms with Gasteiger partial charge in [0.15, 0.2) is 5.88 Å². The first-order valence-corrected chi connectivity index (χ1v) is 8.31. The van der Waals surface area contributed by atoms with Crippen LogP contribution in [0.5, 0.6) is 5.88 Å². The molecule has 0 amide bonds. The third-order valence-electron chi connectivity index (χ3n) is 3.67. The second kappa shape index (κ2) is 6.46. The van der Waals surface area contributed by atoms with Gasteiger partial charge in [-0.25, -0.2) is 0 Å². The zero-order valence-electron chi connectivity index (χ0n) is 12.8. The molecular weight excluding hydrogens is 354 g/mol. The highest BCUT2D eigenvalue weighted by molar-refractivity contribution is 9.10. The third kappa shape index (κ3) is 3.24. The Hall–Kier alpha value is -2.27. The highest BCUT2D eigenvalue weighted by Crippen LogP contribution is 2.31. The summed E-state index contributed by atoms with van der Waals surface area (Å²) in [4.78, 5) is 7.75. The van der Waals surface area contributed by atoms with Crippen LogP contribution in [0.1, 0.15) is 25.3 Å². The summed E-state index contributed by atoms with van der Waals surface area (Å²) in [6.45, 7) is 2.09. The van der Waals surface area contributed by atoms with E-state index in [0.29, 0.717) is 5.69 Å². The van der Waals surface area contributed by atoms with E-state index in [4.69, 9.17) is 10.7 Å². The minimum atomic E-state index is 0.134. The van der Waals surface area contributed by atoms with Crippen molar-refractivity contribution in [2.45, 2.75) is 19.8 Å². The highest BCUT2D eigenvalue weighted by Gasteiger charge is 2.16. The lowest BCUT2D eigenvalue weighted by Gasteiger charge is -2.06. The molecule has 5 heteroatoms. The van der Waals surface area contributed by atoms with Gasteiger partial charge in [-0.3, -0.25) is 4.99 Å². The maximum atomic E-state index is 10.4. The molecule has 0 bridgehead atoms. The molecule has 0 aliphatic heterocycles. The molecule has 0 fully saturated rings. The van der Waals surface area contributed by atoms with Crippen molar-refractivity contribution in [1.29, 1.82) is 0 Å². The summed E-state index contributed by atoms with van der Waals surface area (Å²) in [5.74, 6) is 0.134. The van der Waals surface area contributed by atoms with Crippen molar-refractivity contribution < 1.29 is 5.11 Å². The number of nitrogen functional groups attached to an aromatic ring is 1. The van der Waals surface area contributed by atoms with Crippen molar-refractivity contribution in [1.82, 2.24) is 4.98 Å². The fourth-order valence-electron chi connectivity index (χ4n) is 2.63. The number of nitrogens with one attached hydrogen (secondary N) is 1. The maximum Gasteiger partial charge on any atom is 0.198 e. The maximum absolute atomic E-state index is 10.4. The highest BCUT2D eigenvalue weighted by atomic mass is 79.9. The summed E-state index contributed by atoms with van der Waals surface area (Å²) < 4.78 is 1.01. The number of rotatable bonds is 4. The van der Waals surface area contributed by atoms with Crippen LogP contribution in [0.4, 0.5) is 11.4 Å². The number of hydrogen-bond donors (Lipinski definition) is 3. The van der Waals surface area contributed by atoms with Crippen molar-refractivity contribution in [3.05, 3.63) is 52.5 Å². The van der Waals surface area contributed by atoms with Gasteiger partial charge in [-0.05, 0) is 48.9 Å². The number of hydrogen-bond acceptors (Lipinski definition) is 3. The molecule has 0 atom stereocenters. The number of nitrogens with zero attached hydrogens (tertiary/aromatic N) is 1. The topological polar surface area (TPSA) is 74.4 Å². The summed E-state index contributed by atoms with van der Waals surface area (Å²) in [6, 6.07) is 13.4. The van der Waals surface area contributed by atoms with E-state index in [0.717, 1.165) is 45.2 Å². The third-order valence-corrected chi connectivity index (χ3v) is 4.20. The minimum Gasteiger partial charge on any atom is -0.494 e. The Kier molecular flexibility index (Phi) is 4.39. The number of aliphatic imine (C=N–C) groups is 1. The number of halogens is 1. The first-order chi connectivity index (χ1) is 11.1. The van der Waals surface area contributed by atoms with Gasteiger partial charge in [0.05, 0.1) is 17.0 Å². The van der Waals surface area contributed by atoms with Crippen LogP contribution in [0, 0.1) is 0 Å². The summed E-state index contributed by atoms with van der Waals surface area (Å²) in [7, 11) is 0. The summed E-state index contributed by atoms with van der Waals surface area (Å²) >= 11 is 3.43. The van der Waals surface area contributed by atoms with Crippen LogP contribution in [-0.4, -0.2) is 15.8 Å². The van der Waals surface area contributed by atoms with E-state index in [9.17, 15) is 5.11 Å². The average molecular weight is 372 g/mol. The SMILES string of the molecule is CCCC(=Nc1ccc(Br)cc1)c1c(O)[nH]c2ccc(N)cc12. The average Bonchev–Trinajstić information content (AvgIpc) is 2.84. The number of aromatic hydroxyl groups is 1. The summed E-state index contributed by atoms with van der Waals surface area (Å²) in [6.07, 6.45) is 1.70. The zero-order chi connectivity index (χ0) is 16.4. The number of nitrogens with two attached hydrogens (primary N) is 1. The normalized spacial score (nSPS) is 12.0. The quantitative estimate of drug-likeness (QED) is 0.438. The van der Waals surface area contributed by atoms with Crippen molar-refractivity contribution in [2.75, 3.05) is 5.73 Å². The molecule has 0 saturated carbocycles. The number of fused-ring (bicyclic) bond motifs is 1. The number of aromatic amines is 1. The van der Waals surface area contributed by atoms with Crippen LogP contribution < -0.4 is 5.73 Å². The smallest absolute Gasteiger partial charge is 0.198 e. The van der Waals surface area contributed by atoms with Gasteiger partial charge in [-0.1, -0.05) is 29.3 Å². The number of H-pyrrole nitrogens is 1. The predicted octanol–water partition coefficient (Wildman–Crippen LogP) is 5.14. The molecule has 1 aromatic heterocycles. The molecule has 0 spiro atoms. The lowest BCUT2D eigenvalue weighted by Crippen LogP contribution is -2.00. The molecule has 0 aliphatic carbocycles. The number of aromatic nitrogens is 1. The molecule has 118 valence electrons. The van der Waals surface area contributed by atoms with Crippen LogP contribution in [0.15, 0.2) is 51.9 Å². The summed E-state index contributed by atoms with van der Waals surface area (Å²) in [5, 5.41) is 11.3.